The van der Waals surface area contributed by atoms with Crippen molar-refractivity contribution in [3.05, 3.63) is 0 Å². The van der Waals surface area contributed by atoms with Gasteiger partial charge < -0.3 is 19.3 Å². The second kappa shape index (κ2) is 8.01. The summed E-state index contributed by atoms with van der Waals surface area (Å²) in [4.78, 5) is 51.0. The van der Waals surface area contributed by atoms with Crippen molar-refractivity contribution in [2.24, 2.45) is 0 Å². The quantitative estimate of drug-likeness (QED) is 0.557. The molecule has 0 aromatic rings. The van der Waals surface area contributed by atoms with Gasteiger partial charge in [0.15, 0.2) is 12.1 Å². The molecule has 0 aromatic heterocycles. The molecule has 154 valence electrons. The van der Waals surface area contributed by atoms with Gasteiger partial charge in [0.2, 0.25) is 0 Å². The molecule has 1 aliphatic rings. The van der Waals surface area contributed by atoms with E-state index in [1.165, 1.54) is 0 Å². The molecular weight excluding hydrogens is 360 g/mol. The zero-order valence-electron chi connectivity index (χ0n) is 16.8. The van der Waals surface area contributed by atoms with Crippen LogP contribution in [0.15, 0.2) is 0 Å². The van der Waals surface area contributed by atoms with Gasteiger partial charge in [-0.25, -0.2) is 19.2 Å². The molecule has 10 nitrogen and oxygen atoms in total. The first-order valence-electron chi connectivity index (χ1n) is 8.48. The number of hydrogen-bond acceptors (Lipinski definition) is 7. The fourth-order valence-electron chi connectivity index (χ4n) is 2.53. The highest BCUT2D eigenvalue weighted by molar-refractivity contribution is 5.92. The largest absolute Gasteiger partial charge is 0.480 e. The third-order valence-corrected chi connectivity index (χ3v) is 3.50. The third kappa shape index (κ3) is 6.00. The Balaban J connectivity index is 3.25. The second-order valence-electron chi connectivity index (χ2n) is 8.10. The predicted octanol–water partition coefficient (Wildman–Crippen LogP) is 1.47. The van der Waals surface area contributed by atoms with Crippen LogP contribution in [-0.2, 0) is 23.8 Å². The number of carbonyl (C=O) groups is 4. The van der Waals surface area contributed by atoms with Crippen molar-refractivity contribution in [2.45, 2.75) is 64.8 Å². The van der Waals surface area contributed by atoms with Crippen molar-refractivity contribution in [1.82, 2.24) is 9.80 Å². The first-order chi connectivity index (χ1) is 12.2. The first-order valence-corrected chi connectivity index (χ1v) is 8.48. The molecule has 1 heterocycles. The highest BCUT2D eigenvalue weighted by Gasteiger charge is 2.51. The Bertz CT molecular complexity index is 605. The van der Waals surface area contributed by atoms with Gasteiger partial charge in [-0.2, -0.15) is 0 Å². The summed E-state index contributed by atoms with van der Waals surface area (Å²) in [6.45, 7) is 9.58. The van der Waals surface area contributed by atoms with E-state index >= 15 is 0 Å². The Morgan fingerprint density at radius 1 is 0.815 bits per heavy atom. The lowest BCUT2D eigenvalue weighted by Crippen LogP contribution is -2.68. The number of methoxy groups -OCH3 is 1. The van der Waals surface area contributed by atoms with Crippen molar-refractivity contribution >= 4 is 24.1 Å². The molecule has 1 rings (SSSR count). The number of esters is 1. The van der Waals surface area contributed by atoms with E-state index in [2.05, 4.69) is 4.74 Å². The topological polar surface area (TPSA) is 123 Å². The van der Waals surface area contributed by atoms with Crippen LogP contribution in [0.5, 0.6) is 0 Å². The number of rotatable bonds is 2. The molecule has 1 fully saturated rings. The van der Waals surface area contributed by atoms with E-state index in [1.54, 1.807) is 41.5 Å². The molecule has 0 aliphatic carbocycles. The van der Waals surface area contributed by atoms with E-state index in [9.17, 15) is 24.3 Å². The summed E-state index contributed by atoms with van der Waals surface area (Å²) in [7, 11) is 1.07. The first kappa shape index (κ1) is 22.5. The highest BCUT2D eigenvalue weighted by Crippen LogP contribution is 2.24. The monoisotopic (exact) mass is 388 g/mol. The number of carboxylic acids is 1. The standard InChI is InChI=1S/C17H28N2O8/c1-16(2,3)26-14(23)18-8-9-19(15(24)27-17(4,5)6)11(13(22)25-7)10(18)12(20)21/h10-11H,8-9H2,1-7H3,(H,20,21)/t10-,11?/m1/s1. The SMILES string of the molecule is COC(=O)C1[C@H](C(=O)O)N(C(=O)OC(C)(C)C)CCN1C(=O)OC(C)(C)C. The zero-order valence-corrected chi connectivity index (χ0v) is 16.8. The van der Waals surface area contributed by atoms with E-state index in [0.29, 0.717) is 0 Å². The number of amides is 2. The Kier molecular flexibility index (Phi) is 6.68. The zero-order chi connectivity index (χ0) is 21.2. The van der Waals surface area contributed by atoms with Crippen LogP contribution in [0.4, 0.5) is 9.59 Å². The number of carbonyl (C=O) groups excluding carboxylic acids is 3. The molecule has 0 aromatic carbocycles. The fraction of sp³-hybridized carbons (Fsp3) is 0.765. The summed E-state index contributed by atoms with van der Waals surface area (Å²) >= 11 is 0. The van der Waals surface area contributed by atoms with Gasteiger partial charge in [0, 0.05) is 13.1 Å². The summed E-state index contributed by atoms with van der Waals surface area (Å²) in [5.41, 5.74) is -1.71. The molecule has 1 N–H and O–H groups in total. The summed E-state index contributed by atoms with van der Waals surface area (Å²) in [6.07, 6.45) is -1.76. The molecule has 10 heteroatoms. The van der Waals surface area contributed by atoms with Crippen molar-refractivity contribution in [2.75, 3.05) is 20.2 Å². The average molecular weight is 388 g/mol. The Morgan fingerprint density at radius 3 is 1.48 bits per heavy atom. The molecule has 27 heavy (non-hydrogen) atoms. The minimum absolute atomic E-state index is 0.113. The minimum Gasteiger partial charge on any atom is -0.480 e. The van der Waals surface area contributed by atoms with Gasteiger partial charge in [-0.3, -0.25) is 9.80 Å². The van der Waals surface area contributed by atoms with Gasteiger partial charge in [-0.15, -0.1) is 0 Å². The van der Waals surface area contributed by atoms with E-state index in [1.807, 2.05) is 0 Å². The van der Waals surface area contributed by atoms with Crippen molar-refractivity contribution in [1.29, 1.82) is 0 Å². The summed E-state index contributed by atoms with van der Waals surface area (Å²) < 4.78 is 15.2. The number of nitrogens with zero attached hydrogens (tertiary/aromatic N) is 2. The number of hydrogen-bond donors (Lipinski definition) is 1. The number of piperazine rings is 1. The summed E-state index contributed by atoms with van der Waals surface area (Å²) in [5.74, 6) is -2.44. The predicted molar refractivity (Wildman–Crippen MR) is 93.1 cm³/mol. The van der Waals surface area contributed by atoms with Crippen molar-refractivity contribution in [3.8, 4) is 0 Å². The van der Waals surface area contributed by atoms with Gasteiger partial charge in [0.05, 0.1) is 7.11 Å². The Labute approximate surface area is 158 Å². The molecule has 1 saturated heterocycles. The molecule has 0 bridgehead atoms. The Hall–Kier alpha value is -2.52. The van der Waals surface area contributed by atoms with Crippen LogP contribution in [-0.4, -0.2) is 82.5 Å². The lowest BCUT2D eigenvalue weighted by Gasteiger charge is -2.44. The molecule has 1 aliphatic heterocycles. The lowest BCUT2D eigenvalue weighted by molar-refractivity contribution is -0.161. The fourth-order valence-corrected chi connectivity index (χ4v) is 2.53. The molecule has 2 atom stereocenters. The van der Waals surface area contributed by atoms with Gasteiger partial charge in [-0.1, -0.05) is 0 Å². The molecule has 1 unspecified atom stereocenters. The molecular formula is C17H28N2O8. The maximum Gasteiger partial charge on any atom is 0.411 e. The molecule has 0 radical (unpaired) electrons. The van der Waals surface area contributed by atoms with Gasteiger partial charge in [-0.05, 0) is 41.5 Å². The van der Waals surface area contributed by atoms with Crippen LogP contribution in [0.1, 0.15) is 41.5 Å². The van der Waals surface area contributed by atoms with E-state index in [4.69, 9.17) is 9.47 Å². The summed E-state index contributed by atoms with van der Waals surface area (Å²) in [6, 6.07) is -3.24. The maximum absolute atomic E-state index is 12.5. The normalized spacial score (nSPS) is 20.7. The van der Waals surface area contributed by atoms with Crippen molar-refractivity contribution < 1.29 is 38.5 Å². The smallest absolute Gasteiger partial charge is 0.411 e. The van der Waals surface area contributed by atoms with Crippen LogP contribution >= 0.6 is 0 Å². The van der Waals surface area contributed by atoms with Crippen LogP contribution in [0.3, 0.4) is 0 Å². The molecule has 0 spiro atoms. The molecule has 2 amide bonds. The lowest BCUT2D eigenvalue weighted by atomic mass is 10.0. The van der Waals surface area contributed by atoms with Crippen LogP contribution in [0.25, 0.3) is 0 Å². The van der Waals surface area contributed by atoms with Crippen LogP contribution < -0.4 is 0 Å². The van der Waals surface area contributed by atoms with E-state index in [-0.39, 0.29) is 13.1 Å². The van der Waals surface area contributed by atoms with Crippen LogP contribution in [0, 0.1) is 0 Å². The van der Waals surface area contributed by atoms with Gasteiger partial charge in [0.25, 0.3) is 0 Å². The van der Waals surface area contributed by atoms with Gasteiger partial charge >= 0.3 is 24.1 Å². The molecule has 0 saturated carbocycles. The third-order valence-electron chi connectivity index (χ3n) is 3.50. The highest BCUT2D eigenvalue weighted by atomic mass is 16.6. The number of aliphatic carboxylic acids is 1. The van der Waals surface area contributed by atoms with Crippen LogP contribution in [0.2, 0.25) is 0 Å². The second-order valence-corrected chi connectivity index (χ2v) is 8.10. The van der Waals surface area contributed by atoms with Gasteiger partial charge in [0.1, 0.15) is 11.2 Å². The number of carboxylic acid groups (broad SMARTS) is 1. The number of ether oxygens (including phenoxy) is 3. The average Bonchev–Trinajstić information content (AvgIpc) is 2.49. The van der Waals surface area contributed by atoms with E-state index < -0.39 is 47.4 Å². The summed E-state index contributed by atoms with van der Waals surface area (Å²) in [5, 5.41) is 9.67. The van der Waals surface area contributed by atoms with E-state index in [0.717, 1.165) is 16.9 Å². The van der Waals surface area contributed by atoms with Crippen molar-refractivity contribution in [3.63, 3.8) is 0 Å². The minimum atomic E-state index is -1.67. The Morgan fingerprint density at radius 2 is 1.19 bits per heavy atom. The maximum atomic E-state index is 12.5.